The maximum absolute atomic E-state index is 6.42. The molecule has 0 bridgehead atoms. The zero-order valence-electron chi connectivity index (χ0n) is 10.8. The third-order valence-electron chi connectivity index (χ3n) is 2.97. The largest absolute Gasteiger partial charge is 0.497 e. The van der Waals surface area contributed by atoms with Gasteiger partial charge < -0.3 is 15.2 Å². The van der Waals surface area contributed by atoms with E-state index in [0.29, 0.717) is 13.2 Å². The van der Waals surface area contributed by atoms with E-state index in [1.165, 1.54) is 0 Å². The first-order valence-electron chi connectivity index (χ1n) is 6.05. The van der Waals surface area contributed by atoms with Crippen LogP contribution < -0.4 is 10.5 Å². The molecule has 0 fully saturated rings. The Labute approximate surface area is 117 Å². The minimum Gasteiger partial charge on any atom is -0.497 e. The highest BCUT2D eigenvalue weighted by atomic mass is 35.5. The third-order valence-corrected chi connectivity index (χ3v) is 3.46. The molecule has 0 amide bonds. The third kappa shape index (κ3) is 3.35. The summed E-state index contributed by atoms with van der Waals surface area (Å²) in [6.07, 6.45) is 5.24. The molecular formula is C14H17ClN2O2. The normalized spacial score (nSPS) is 25.5. The number of methoxy groups -OCH3 is 1. The lowest BCUT2D eigenvalue weighted by Crippen LogP contribution is -2.42. The molecule has 1 aliphatic heterocycles. The van der Waals surface area contributed by atoms with Gasteiger partial charge in [0.1, 0.15) is 11.8 Å². The topological polar surface area (TPSA) is 56.8 Å². The predicted octanol–water partition coefficient (Wildman–Crippen LogP) is 2.11. The van der Waals surface area contributed by atoms with Crippen molar-refractivity contribution >= 4 is 17.8 Å². The Morgan fingerprint density at radius 3 is 2.74 bits per heavy atom. The van der Waals surface area contributed by atoms with E-state index in [1.54, 1.807) is 25.5 Å². The van der Waals surface area contributed by atoms with Gasteiger partial charge in [0.25, 0.3) is 0 Å². The minimum absolute atomic E-state index is 0.266. The lowest BCUT2D eigenvalue weighted by atomic mass is 10.1. The first kappa shape index (κ1) is 14.1. The van der Waals surface area contributed by atoms with E-state index in [2.05, 4.69) is 4.99 Å². The summed E-state index contributed by atoms with van der Waals surface area (Å²) in [5.41, 5.74) is 6.67. The van der Waals surface area contributed by atoms with Crippen LogP contribution in [0.5, 0.6) is 5.75 Å². The summed E-state index contributed by atoms with van der Waals surface area (Å²) in [6.45, 7) is 0.733. The highest BCUT2D eigenvalue weighted by molar-refractivity contribution is 6.25. The molecule has 0 radical (unpaired) electrons. The number of alkyl halides is 1. The van der Waals surface area contributed by atoms with E-state index in [4.69, 9.17) is 26.8 Å². The van der Waals surface area contributed by atoms with Gasteiger partial charge in [0.2, 0.25) is 0 Å². The number of nitrogens with zero attached hydrogens (tertiary/aromatic N) is 1. The number of halogens is 1. The number of hydrogen-bond acceptors (Lipinski definition) is 4. The van der Waals surface area contributed by atoms with Crippen molar-refractivity contribution in [2.75, 3.05) is 13.7 Å². The SMILES string of the molecule is COc1ccc(COC2(Cl)C=CC=NC2CN)cc1. The van der Waals surface area contributed by atoms with Gasteiger partial charge in [-0.25, -0.2) is 0 Å². The van der Waals surface area contributed by atoms with Crippen LogP contribution >= 0.6 is 11.6 Å². The Hall–Kier alpha value is -1.36. The van der Waals surface area contributed by atoms with Gasteiger partial charge in [-0.3, -0.25) is 4.99 Å². The van der Waals surface area contributed by atoms with Crippen molar-refractivity contribution in [2.24, 2.45) is 10.7 Å². The molecule has 1 aromatic carbocycles. The van der Waals surface area contributed by atoms with Crippen LogP contribution in [0, 0.1) is 0 Å². The van der Waals surface area contributed by atoms with E-state index in [1.807, 2.05) is 24.3 Å². The number of benzene rings is 1. The van der Waals surface area contributed by atoms with Crippen molar-refractivity contribution in [3.8, 4) is 5.75 Å². The van der Waals surface area contributed by atoms with Crippen LogP contribution in [0.2, 0.25) is 0 Å². The second-order valence-corrected chi connectivity index (χ2v) is 4.83. The van der Waals surface area contributed by atoms with Crippen molar-refractivity contribution in [2.45, 2.75) is 17.7 Å². The summed E-state index contributed by atoms with van der Waals surface area (Å²) in [7, 11) is 1.63. The van der Waals surface area contributed by atoms with Crippen molar-refractivity contribution in [1.82, 2.24) is 0 Å². The van der Waals surface area contributed by atoms with Gasteiger partial charge in [-0.15, -0.1) is 0 Å². The summed E-state index contributed by atoms with van der Waals surface area (Å²) in [5.74, 6) is 0.811. The lowest BCUT2D eigenvalue weighted by Gasteiger charge is -2.31. The molecule has 19 heavy (non-hydrogen) atoms. The molecule has 1 heterocycles. The van der Waals surface area contributed by atoms with E-state index >= 15 is 0 Å². The standard InChI is InChI=1S/C14H17ClN2O2/c1-18-12-5-3-11(4-6-12)10-19-14(15)7-2-8-17-13(14)9-16/h2-8,13H,9-10,16H2,1H3. The van der Waals surface area contributed by atoms with E-state index in [0.717, 1.165) is 11.3 Å². The van der Waals surface area contributed by atoms with Gasteiger partial charge in [0, 0.05) is 12.8 Å². The predicted molar refractivity (Wildman–Crippen MR) is 76.8 cm³/mol. The second kappa shape index (κ2) is 6.19. The zero-order chi connectivity index (χ0) is 13.7. The van der Waals surface area contributed by atoms with Gasteiger partial charge in [-0.2, -0.15) is 0 Å². The summed E-state index contributed by atoms with van der Waals surface area (Å²) in [5, 5.41) is -0.969. The summed E-state index contributed by atoms with van der Waals surface area (Å²) in [6, 6.07) is 7.38. The molecule has 1 aromatic rings. The fourth-order valence-electron chi connectivity index (χ4n) is 1.82. The maximum atomic E-state index is 6.42. The molecule has 0 aliphatic carbocycles. The molecule has 2 unspecified atom stereocenters. The quantitative estimate of drug-likeness (QED) is 0.841. The van der Waals surface area contributed by atoms with Crippen LogP contribution in [0.25, 0.3) is 0 Å². The molecule has 2 rings (SSSR count). The lowest BCUT2D eigenvalue weighted by molar-refractivity contribution is 0.0248. The molecular weight excluding hydrogens is 264 g/mol. The molecule has 0 saturated carbocycles. The molecule has 0 saturated heterocycles. The van der Waals surface area contributed by atoms with Gasteiger partial charge in [-0.1, -0.05) is 23.7 Å². The molecule has 5 heteroatoms. The van der Waals surface area contributed by atoms with Crippen LogP contribution in [-0.4, -0.2) is 31.0 Å². The molecule has 4 nitrogen and oxygen atoms in total. The van der Waals surface area contributed by atoms with Gasteiger partial charge in [0.05, 0.1) is 13.7 Å². The first-order chi connectivity index (χ1) is 9.18. The van der Waals surface area contributed by atoms with E-state index < -0.39 is 5.06 Å². The Morgan fingerprint density at radius 1 is 1.37 bits per heavy atom. The molecule has 2 N–H and O–H groups in total. The summed E-state index contributed by atoms with van der Waals surface area (Å²) in [4.78, 5) is 4.23. The smallest absolute Gasteiger partial charge is 0.184 e. The average molecular weight is 281 g/mol. The van der Waals surface area contributed by atoms with Crippen molar-refractivity contribution in [3.63, 3.8) is 0 Å². The van der Waals surface area contributed by atoms with Crippen LogP contribution in [-0.2, 0) is 11.3 Å². The van der Waals surface area contributed by atoms with Crippen molar-refractivity contribution in [1.29, 1.82) is 0 Å². The van der Waals surface area contributed by atoms with E-state index in [-0.39, 0.29) is 6.04 Å². The van der Waals surface area contributed by atoms with Gasteiger partial charge in [0.15, 0.2) is 5.06 Å². The Bertz CT molecular complexity index is 473. The number of allylic oxidation sites excluding steroid dienone is 1. The van der Waals surface area contributed by atoms with E-state index in [9.17, 15) is 0 Å². The highest BCUT2D eigenvalue weighted by Gasteiger charge is 2.35. The molecule has 0 spiro atoms. The van der Waals surface area contributed by atoms with Gasteiger partial charge >= 0.3 is 0 Å². The highest BCUT2D eigenvalue weighted by Crippen LogP contribution is 2.29. The molecule has 0 aromatic heterocycles. The Kier molecular flexibility index (Phi) is 4.58. The fourth-order valence-corrected chi connectivity index (χ4v) is 2.09. The van der Waals surface area contributed by atoms with Gasteiger partial charge in [-0.05, 0) is 29.8 Å². The second-order valence-electron chi connectivity index (χ2n) is 4.24. The van der Waals surface area contributed by atoms with Crippen LogP contribution in [0.3, 0.4) is 0 Å². The van der Waals surface area contributed by atoms with Crippen LogP contribution in [0.4, 0.5) is 0 Å². The summed E-state index contributed by atoms with van der Waals surface area (Å²) >= 11 is 6.42. The number of ether oxygens (including phenoxy) is 2. The molecule has 2 atom stereocenters. The number of rotatable bonds is 5. The average Bonchev–Trinajstić information content (AvgIpc) is 2.46. The molecule has 102 valence electrons. The number of hydrogen-bond donors (Lipinski definition) is 1. The molecule has 1 aliphatic rings. The fraction of sp³-hybridized carbons (Fsp3) is 0.357. The van der Waals surface area contributed by atoms with Crippen molar-refractivity contribution < 1.29 is 9.47 Å². The van der Waals surface area contributed by atoms with Crippen LogP contribution in [0.1, 0.15) is 5.56 Å². The Balaban J connectivity index is 2.00. The number of aliphatic imine (C=N–C) groups is 1. The first-order valence-corrected chi connectivity index (χ1v) is 6.42. The number of nitrogens with two attached hydrogens (primary N) is 1. The Morgan fingerprint density at radius 2 is 2.11 bits per heavy atom. The summed E-state index contributed by atoms with van der Waals surface area (Å²) < 4.78 is 10.9. The zero-order valence-corrected chi connectivity index (χ0v) is 11.5. The van der Waals surface area contributed by atoms with Crippen molar-refractivity contribution in [3.05, 3.63) is 42.0 Å². The van der Waals surface area contributed by atoms with Crippen LogP contribution in [0.15, 0.2) is 41.4 Å². The maximum Gasteiger partial charge on any atom is 0.184 e. The number of dihydropyridines is 1. The minimum atomic E-state index is -0.969. The monoisotopic (exact) mass is 280 g/mol.